The highest BCUT2D eigenvalue weighted by Gasteiger charge is 2.32. The van der Waals surface area contributed by atoms with Crippen molar-refractivity contribution in [2.45, 2.75) is 31.0 Å². The number of carbonyl (C=O) groups is 3. The summed E-state index contributed by atoms with van der Waals surface area (Å²) < 4.78 is 3.91. The molecular formula is C31H29N7O3S. The van der Waals surface area contributed by atoms with Crippen molar-refractivity contribution in [3.05, 3.63) is 102 Å². The number of hydrogen-bond donors (Lipinski definition) is 1. The number of aromatic nitrogens is 5. The highest BCUT2D eigenvalue weighted by atomic mass is 32.2. The lowest BCUT2D eigenvalue weighted by Gasteiger charge is -2.27. The number of aryl methyl sites for hydroxylation is 2. The third-order valence-electron chi connectivity index (χ3n) is 7.16. The van der Waals surface area contributed by atoms with E-state index in [9.17, 15) is 14.4 Å². The van der Waals surface area contributed by atoms with Gasteiger partial charge in [0.1, 0.15) is 5.82 Å². The maximum atomic E-state index is 13.3. The summed E-state index contributed by atoms with van der Waals surface area (Å²) in [6.07, 6.45) is 7.20. The van der Waals surface area contributed by atoms with Crippen LogP contribution in [0.5, 0.6) is 0 Å². The zero-order chi connectivity index (χ0) is 28.9. The fourth-order valence-electron chi connectivity index (χ4n) is 5.16. The standard InChI is InChI=1S/C31H29N7O3S/c39-27(33-15-7-17-36-19-16-32-21-36)20-42-31-35-34-26(38(31)23-10-2-1-3-11-23)14-6-18-37-29(40)24-12-4-8-22-9-5-13-25(28(22)24)30(37)41/h1-5,8-13,16,19,21H,6-7,14-15,17-18,20H2,(H,33,39). The Labute approximate surface area is 246 Å². The predicted molar refractivity (Wildman–Crippen MR) is 160 cm³/mol. The van der Waals surface area contributed by atoms with E-state index in [1.165, 1.54) is 16.7 Å². The Hall–Kier alpha value is -4.77. The van der Waals surface area contributed by atoms with E-state index in [0.29, 0.717) is 41.5 Å². The molecular weight excluding hydrogens is 550 g/mol. The van der Waals surface area contributed by atoms with Crippen LogP contribution < -0.4 is 5.32 Å². The van der Waals surface area contributed by atoms with Crippen molar-refractivity contribution < 1.29 is 14.4 Å². The Morgan fingerprint density at radius 2 is 1.62 bits per heavy atom. The average molecular weight is 580 g/mol. The van der Waals surface area contributed by atoms with Crippen LogP contribution in [0.25, 0.3) is 16.5 Å². The minimum atomic E-state index is -0.277. The van der Waals surface area contributed by atoms with Gasteiger partial charge in [0.15, 0.2) is 5.16 Å². The van der Waals surface area contributed by atoms with Crippen LogP contribution in [0.1, 0.15) is 39.4 Å². The second kappa shape index (κ2) is 12.4. The molecule has 212 valence electrons. The first-order valence-corrected chi connectivity index (χ1v) is 14.8. The minimum absolute atomic E-state index is 0.0767. The fourth-order valence-corrected chi connectivity index (χ4v) is 5.96. The van der Waals surface area contributed by atoms with Crippen LogP contribution in [-0.2, 0) is 17.8 Å². The van der Waals surface area contributed by atoms with Gasteiger partial charge in [0.2, 0.25) is 5.91 Å². The van der Waals surface area contributed by atoms with Crippen molar-refractivity contribution in [3.63, 3.8) is 0 Å². The summed E-state index contributed by atoms with van der Waals surface area (Å²) in [6, 6.07) is 20.8. The Morgan fingerprint density at radius 3 is 2.33 bits per heavy atom. The van der Waals surface area contributed by atoms with E-state index in [1.807, 2.05) is 69.9 Å². The zero-order valence-electron chi connectivity index (χ0n) is 22.8. The van der Waals surface area contributed by atoms with Crippen LogP contribution in [0.3, 0.4) is 0 Å². The number of imidazole rings is 1. The van der Waals surface area contributed by atoms with E-state index in [1.54, 1.807) is 24.7 Å². The third-order valence-corrected chi connectivity index (χ3v) is 8.09. The Balaban J connectivity index is 1.10. The van der Waals surface area contributed by atoms with Gasteiger partial charge in [-0.1, -0.05) is 54.2 Å². The lowest BCUT2D eigenvalue weighted by Crippen LogP contribution is -2.41. The number of nitrogens with zero attached hydrogens (tertiary/aromatic N) is 6. The number of nitrogens with one attached hydrogen (secondary N) is 1. The molecule has 3 aromatic carbocycles. The molecule has 0 saturated carbocycles. The topological polar surface area (TPSA) is 115 Å². The number of rotatable bonds is 12. The molecule has 3 amide bonds. The van der Waals surface area contributed by atoms with E-state index in [-0.39, 0.29) is 30.0 Å². The van der Waals surface area contributed by atoms with Crippen LogP contribution in [-0.4, -0.2) is 65.8 Å². The van der Waals surface area contributed by atoms with Gasteiger partial charge in [-0.05, 0) is 42.5 Å². The molecule has 2 aromatic heterocycles. The third kappa shape index (κ3) is 5.68. The van der Waals surface area contributed by atoms with Crippen molar-refractivity contribution in [2.75, 3.05) is 18.8 Å². The lowest BCUT2D eigenvalue weighted by atomic mass is 9.94. The van der Waals surface area contributed by atoms with E-state index in [2.05, 4.69) is 20.5 Å². The molecule has 42 heavy (non-hydrogen) atoms. The van der Waals surface area contributed by atoms with Gasteiger partial charge in [-0.25, -0.2) is 4.98 Å². The molecule has 0 saturated heterocycles. The first-order chi connectivity index (χ1) is 20.6. The number of para-hydroxylation sites is 1. The van der Waals surface area contributed by atoms with E-state index in [4.69, 9.17) is 0 Å². The maximum absolute atomic E-state index is 13.3. The molecule has 0 spiro atoms. The van der Waals surface area contributed by atoms with Crippen LogP contribution >= 0.6 is 11.8 Å². The van der Waals surface area contributed by atoms with E-state index >= 15 is 0 Å². The molecule has 0 atom stereocenters. The lowest BCUT2D eigenvalue weighted by molar-refractivity contribution is -0.118. The molecule has 0 radical (unpaired) electrons. The van der Waals surface area contributed by atoms with Crippen molar-refractivity contribution in [1.82, 2.24) is 34.5 Å². The highest BCUT2D eigenvalue weighted by Crippen LogP contribution is 2.30. The first kappa shape index (κ1) is 27.4. The second-order valence-electron chi connectivity index (χ2n) is 9.94. The molecule has 1 N–H and O–H groups in total. The summed E-state index contributed by atoms with van der Waals surface area (Å²) in [5.74, 6) is 0.274. The monoisotopic (exact) mass is 579 g/mol. The molecule has 1 aliphatic rings. The SMILES string of the molecule is O=C(CSc1nnc(CCCN2C(=O)c3cccc4cccc(c34)C2=O)n1-c1ccccc1)NCCCn1ccnc1. The van der Waals surface area contributed by atoms with E-state index in [0.717, 1.165) is 29.4 Å². The van der Waals surface area contributed by atoms with Gasteiger partial charge in [0.25, 0.3) is 11.8 Å². The van der Waals surface area contributed by atoms with Gasteiger partial charge in [0, 0.05) is 60.6 Å². The Bertz CT molecular complexity index is 1680. The number of carbonyl (C=O) groups excluding carboxylic acids is 3. The molecule has 10 nitrogen and oxygen atoms in total. The molecule has 5 aromatic rings. The normalized spacial score (nSPS) is 12.7. The van der Waals surface area contributed by atoms with Crippen molar-refractivity contribution in [2.24, 2.45) is 0 Å². The summed E-state index contributed by atoms with van der Waals surface area (Å²) in [7, 11) is 0. The van der Waals surface area contributed by atoms with Gasteiger partial charge in [-0.15, -0.1) is 10.2 Å². The maximum Gasteiger partial charge on any atom is 0.261 e. The average Bonchev–Trinajstić information content (AvgIpc) is 3.69. The van der Waals surface area contributed by atoms with Crippen LogP contribution in [0.15, 0.2) is 90.6 Å². The molecule has 3 heterocycles. The minimum Gasteiger partial charge on any atom is -0.355 e. The Kier molecular flexibility index (Phi) is 8.09. The van der Waals surface area contributed by atoms with Crippen molar-refractivity contribution in [1.29, 1.82) is 0 Å². The van der Waals surface area contributed by atoms with Crippen LogP contribution in [0.2, 0.25) is 0 Å². The summed E-state index contributed by atoms with van der Waals surface area (Å²) in [4.78, 5) is 44.4. The predicted octanol–water partition coefficient (Wildman–Crippen LogP) is 4.14. The molecule has 6 rings (SSSR count). The smallest absolute Gasteiger partial charge is 0.261 e. The number of thioether (sulfide) groups is 1. The summed E-state index contributed by atoms with van der Waals surface area (Å²) >= 11 is 1.32. The molecule has 11 heteroatoms. The zero-order valence-corrected chi connectivity index (χ0v) is 23.7. The summed E-state index contributed by atoms with van der Waals surface area (Å²) in [6.45, 7) is 1.62. The van der Waals surface area contributed by atoms with E-state index < -0.39 is 0 Å². The Morgan fingerprint density at radius 1 is 0.857 bits per heavy atom. The first-order valence-electron chi connectivity index (χ1n) is 13.8. The number of hydrogen-bond acceptors (Lipinski definition) is 7. The number of imide groups is 1. The number of benzene rings is 3. The second-order valence-corrected chi connectivity index (χ2v) is 10.9. The molecule has 0 unspecified atom stereocenters. The van der Waals surface area contributed by atoms with Gasteiger partial charge in [-0.3, -0.25) is 23.9 Å². The van der Waals surface area contributed by atoms with Gasteiger partial charge in [-0.2, -0.15) is 0 Å². The molecule has 0 fully saturated rings. The summed E-state index contributed by atoms with van der Waals surface area (Å²) in [5, 5.41) is 14.0. The van der Waals surface area contributed by atoms with Gasteiger partial charge in [0.05, 0.1) is 12.1 Å². The molecule has 1 aliphatic heterocycles. The van der Waals surface area contributed by atoms with Crippen LogP contribution in [0.4, 0.5) is 0 Å². The van der Waals surface area contributed by atoms with Gasteiger partial charge < -0.3 is 9.88 Å². The van der Waals surface area contributed by atoms with Crippen molar-refractivity contribution >= 4 is 40.3 Å². The fraction of sp³-hybridized carbons (Fsp3) is 0.226. The van der Waals surface area contributed by atoms with Gasteiger partial charge >= 0.3 is 0 Å². The highest BCUT2D eigenvalue weighted by molar-refractivity contribution is 7.99. The van der Waals surface area contributed by atoms with Crippen molar-refractivity contribution in [3.8, 4) is 5.69 Å². The molecule has 0 aliphatic carbocycles. The molecule has 0 bridgehead atoms. The quantitative estimate of drug-likeness (QED) is 0.134. The largest absolute Gasteiger partial charge is 0.355 e. The van der Waals surface area contributed by atoms with Crippen LogP contribution in [0, 0.1) is 0 Å². The summed E-state index contributed by atoms with van der Waals surface area (Å²) in [5.41, 5.74) is 1.98. The number of amides is 3.